The SMILES string of the molecule is CNS(=O)(=O)c1ccc(C(=O)N[C@@H]2CCc3nc(C)cn3C2)o1. The Balaban J connectivity index is 1.69. The van der Waals surface area contributed by atoms with Gasteiger partial charge in [-0.3, -0.25) is 4.79 Å². The van der Waals surface area contributed by atoms with Gasteiger partial charge in [0.05, 0.1) is 5.69 Å². The maximum absolute atomic E-state index is 12.2. The molecule has 0 fully saturated rings. The van der Waals surface area contributed by atoms with E-state index >= 15 is 0 Å². The molecule has 0 bridgehead atoms. The molecule has 9 heteroatoms. The van der Waals surface area contributed by atoms with Crippen molar-refractivity contribution in [2.45, 2.75) is 37.4 Å². The van der Waals surface area contributed by atoms with Crippen LogP contribution in [0.25, 0.3) is 0 Å². The number of aryl methyl sites for hydroxylation is 2. The van der Waals surface area contributed by atoms with Crippen molar-refractivity contribution in [2.75, 3.05) is 7.05 Å². The summed E-state index contributed by atoms with van der Waals surface area (Å²) in [6, 6.07) is 2.58. The van der Waals surface area contributed by atoms with E-state index in [1.165, 1.54) is 19.2 Å². The van der Waals surface area contributed by atoms with Crippen LogP contribution in [0, 0.1) is 6.92 Å². The second-order valence-electron chi connectivity index (χ2n) is 5.49. The highest BCUT2D eigenvalue weighted by atomic mass is 32.2. The topological polar surface area (TPSA) is 106 Å². The van der Waals surface area contributed by atoms with Crippen molar-refractivity contribution in [1.29, 1.82) is 0 Å². The molecule has 0 unspecified atom stereocenters. The Labute approximate surface area is 133 Å². The molecule has 0 radical (unpaired) electrons. The van der Waals surface area contributed by atoms with Crippen molar-refractivity contribution in [2.24, 2.45) is 0 Å². The zero-order valence-corrected chi connectivity index (χ0v) is 13.7. The number of aromatic nitrogens is 2. The number of nitrogens with zero attached hydrogens (tertiary/aromatic N) is 2. The summed E-state index contributed by atoms with van der Waals surface area (Å²) in [4.78, 5) is 16.6. The second kappa shape index (κ2) is 5.82. The lowest BCUT2D eigenvalue weighted by Crippen LogP contribution is -2.40. The molecule has 124 valence electrons. The third kappa shape index (κ3) is 3.15. The molecule has 8 nitrogen and oxygen atoms in total. The molecule has 2 aromatic heterocycles. The number of hydrogen-bond acceptors (Lipinski definition) is 5. The highest BCUT2D eigenvalue weighted by Gasteiger charge is 2.24. The normalized spacial score (nSPS) is 17.7. The number of sulfonamides is 1. The first-order valence-electron chi connectivity index (χ1n) is 7.26. The molecule has 0 spiro atoms. The van der Waals surface area contributed by atoms with Crippen LogP contribution in [0.5, 0.6) is 0 Å². The molecule has 0 saturated carbocycles. The van der Waals surface area contributed by atoms with Crippen LogP contribution in [0.15, 0.2) is 27.8 Å². The van der Waals surface area contributed by atoms with Crippen LogP contribution in [0.1, 0.15) is 28.5 Å². The minimum Gasteiger partial charge on any atom is -0.438 e. The van der Waals surface area contributed by atoms with Crippen molar-refractivity contribution in [3.63, 3.8) is 0 Å². The smallest absolute Gasteiger partial charge is 0.287 e. The van der Waals surface area contributed by atoms with E-state index in [4.69, 9.17) is 4.42 Å². The van der Waals surface area contributed by atoms with E-state index in [2.05, 4.69) is 15.0 Å². The number of amides is 1. The van der Waals surface area contributed by atoms with E-state index in [1.54, 1.807) is 0 Å². The van der Waals surface area contributed by atoms with Crippen molar-refractivity contribution in [1.82, 2.24) is 19.6 Å². The fourth-order valence-corrected chi connectivity index (χ4v) is 3.30. The summed E-state index contributed by atoms with van der Waals surface area (Å²) >= 11 is 0. The Morgan fingerprint density at radius 1 is 1.43 bits per heavy atom. The van der Waals surface area contributed by atoms with Crippen molar-refractivity contribution < 1.29 is 17.6 Å². The molecular weight excluding hydrogens is 320 g/mol. The molecule has 1 aliphatic heterocycles. The first-order chi connectivity index (χ1) is 10.9. The lowest BCUT2D eigenvalue weighted by molar-refractivity contribution is 0.0894. The Morgan fingerprint density at radius 2 is 2.22 bits per heavy atom. The van der Waals surface area contributed by atoms with Crippen LogP contribution in [0.2, 0.25) is 0 Å². The monoisotopic (exact) mass is 338 g/mol. The van der Waals surface area contributed by atoms with Gasteiger partial charge in [0.2, 0.25) is 5.09 Å². The van der Waals surface area contributed by atoms with Gasteiger partial charge in [-0.1, -0.05) is 0 Å². The van der Waals surface area contributed by atoms with E-state index in [1.807, 2.05) is 17.7 Å². The van der Waals surface area contributed by atoms with E-state index in [-0.39, 0.29) is 16.9 Å². The molecule has 0 saturated heterocycles. The number of carbonyl (C=O) groups excluding carboxylic acids is 1. The molecule has 3 heterocycles. The lowest BCUT2D eigenvalue weighted by atomic mass is 10.1. The van der Waals surface area contributed by atoms with Gasteiger partial charge in [-0.15, -0.1) is 0 Å². The highest BCUT2D eigenvalue weighted by Crippen LogP contribution is 2.17. The summed E-state index contributed by atoms with van der Waals surface area (Å²) in [5.74, 6) is 0.577. The van der Waals surface area contributed by atoms with Gasteiger partial charge in [0.15, 0.2) is 5.76 Å². The predicted octanol–water partition coefficient (Wildman–Crippen LogP) is 0.437. The summed E-state index contributed by atoms with van der Waals surface area (Å²) in [5.41, 5.74) is 0.958. The Morgan fingerprint density at radius 3 is 2.96 bits per heavy atom. The van der Waals surface area contributed by atoms with Crippen molar-refractivity contribution in [3.05, 3.63) is 35.6 Å². The molecule has 1 aliphatic rings. The minimum absolute atomic E-state index is 0.0218. The van der Waals surface area contributed by atoms with Crippen LogP contribution in [0.3, 0.4) is 0 Å². The van der Waals surface area contributed by atoms with E-state index in [0.29, 0.717) is 6.54 Å². The fourth-order valence-electron chi connectivity index (χ4n) is 2.65. The van der Waals surface area contributed by atoms with Crippen LogP contribution in [-0.2, 0) is 23.0 Å². The molecule has 0 aromatic carbocycles. The van der Waals surface area contributed by atoms with Crippen molar-refractivity contribution >= 4 is 15.9 Å². The zero-order chi connectivity index (χ0) is 16.6. The quantitative estimate of drug-likeness (QED) is 0.841. The zero-order valence-electron chi connectivity index (χ0n) is 12.9. The summed E-state index contributed by atoms with van der Waals surface area (Å²) in [6.07, 6.45) is 3.53. The predicted molar refractivity (Wildman–Crippen MR) is 81.5 cm³/mol. The third-order valence-electron chi connectivity index (χ3n) is 3.79. The van der Waals surface area contributed by atoms with E-state index in [0.717, 1.165) is 24.4 Å². The Hall–Kier alpha value is -2.13. The molecule has 2 N–H and O–H groups in total. The van der Waals surface area contributed by atoms with Crippen LogP contribution in [-0.4, -0.2) is 37.0 Å². The van der Waals surface area contributed by atoms with Gasteiger partial charge in [-0.25, -0.2) is 18.1 Å². The van der Waals surface area contributed by atoms with Gasteiger partial charge in [0.1, 0.15) is 5.82 Å². The summed E-state index contributed by atoms with van der Waals surface area (Å²) < 4.78 is 32.5. The van der Waals surface area contributed by atoms with Crippen LogP contribution < -0.4 is 10.0 Å². The Bertz CT molecular complexity index is 837. The average molecular weight is 338 g/mol. The summed E-state index contributed by atoms with van der Waals surface area (Å²) in [5, 5.41) is 2.60. The molecule has 1 atom stereocenters. The second-order valence-corrected chi connectivity index (χ2v) is 7.30. The number of nitrogens with one attached hydrogen (secondary N) is 2. The van der Waals surface area contributed by atoms with Crippen LogP contribution in [0.4, 0.5) is 0 Å². The van der Waals surface area contributed by atoms with Gasteiger partial charge in [-0.05, 0) is 32.5 Å². The number of imidazole rings is 1. The van der Waals surface area contributed by atoms with Gasteiger partial charge in [0.25, 0.3) is 15.9 Å². The molecule has 0 aliphatic carbocycles. The average Bonchev–Trinajstić information content (AvgIpc) is 3.12. The molecule has 2 aromatic rings. The third-order valence-corrected chi connectivity index (χ3v) is 5.07. The number of rotatable bonds is 4. The fraction of sp³-hybridized carbons (Fsp3) is 0.429. The standard InChI is InChI=1S/C14H18N4O4S/c1-9-7-18-8-10(3-5-12(18)16-9)17-14(19)11-4-6-13(22-11)23(20,21)15-2/h4,6-7,10,15H,3,5,8H2,1-2H3,(H,17,19)/t10-/m1/s1. The summed E-state index contributed by atoms with van der Waals surface area (Å²) in [7, 11) is -2.41. The largest absolute Gasteiger partial charge is 0.438 e. The van der Waals surface area contributed by atoms with Gasteiger partial charge in [0, 0.05) is 25.2 Å². The van der Waals surface area contributed by atoms with E-state index < -0.39 is 15.9 Å². The molecule has 23 heavy (non-hydrogen) atoms. The first-order valence-corrected chi connectivity index (χ1v) is 8.74. The van der Waals surface area contributed by atoms with E-state index in [9.17, 15) is 13.2 Å². The first kappa shape index (κ1) is 15.8. The Kier molecular flexibility index (Phi) is 3.99. The highest BCUT2D eigenvalue weighted by molar-refractivity contribution is 7.89. The number of furan rings is 1. The van der Waals surface area contributed by atoms with Crippen LogP contribution >= 0.6 is 0 Å². The minimum atomic E-state index is -3.69. The summed E-state index contributed by atoms with van der Waals surface area (Å²) in [6.45, 7) is 2.58. The maximum atomic E-state index is 12.2. The molecule has 3 rings (SSSR count). The molecule has 1 amide bonds. The number of fused-ring (bicyclic) bond motifs is 1. The molecular formula is C14H18N4O4S. The van der Waals surface area contributed by atoms with Crippen molar-refractivity contribution in [3.8, 4) is 0 Å². The number of carbonyl (C=O) groups is 1. The lowest BCUT2D eigenvalue weighted by Gasteiger charge is -2.24. The number of hydrogen-bond donors (Lipinski definition) is 2. The van der Waals surface area contributed by atoms with Gasteiger partial charge in [-0.2, -0.15) is 0 Å². The van der Waals surface area contributed by atoms with Gasteiger partial charge >= 0.3 is 0 Å². The van der Waals surface area contributed by atoms with Gasteiger partial charge < -0.3 is 14.3 Å². The maximum Gasteiger partial charge on any atom is 0.287 e.